The molecule has 8 nitrogen and oxygen atoms in total. The lowest BCUT2D eigenvalue weighted by Gasteiger charge is -2.32. The Hall–Kier alpha value is -4.02. The second-order valence-electron chi connectivity index (χ2n) is 9.75. The minimum atomic E-state index is -1.37. The molecule has 2 aromatic carbocycles. The average molecular weight is 512 g/mol. The number of anilines is 1. The summed E-state index contributed by atoms with van der Waals surface area (Å²) >= 11 is 0. The molecule has 0 aliphatic carbocycles. The van der Waals surface area contributed by atoms with Crippen LogP contribution in [0.25, 0.3) is 22.0 Å². The van der Waals surface area contributed by atoms with Crippen LogP contribution in [-0.4, -0.2) is 50.9 Å². The number of carbonyl (C=O) groups is 1. The van der Waals surface area contributed by atoms with Crippen molar-refractivity contribution >= 4 is 22.7 Å². The number of piperidine rings is 1. The largest absolute Gasteiger partial charge is 0.478 e. The highest BCUT2D eigenvalue weighted by molar-refractivity contribution is 6.00. The van der Waals surface area contributed by atoms with Gasteiger partial charge in [0, 0.05) is 24.6 Å². The molecule has 0 amide bonds. The maximum absolute atomic E-state index is 15.1. The molecule has 1 aliphatic rings. The zero-order valence-electron chi connectivity index (χ0n) is 20.2. The summed E-state index contributed by atoms with van der Waals surface area (Å²) in [5, 5.41) is 13.4. The number of carboxylic acids is 1. The van der Waals surface area contributed by atoms with Crippen LogP contribution < -0.4 is 4.90 Å². The van der Waals surface area contributed by atoms with Crippen LogP contribution in [0.4, 0.5) is 19.0 Å². The maximum atomic E-state index is 15.1. The molecule has 1 fully saturated rings. The van der Waals surface area contributed by atoms with Gasteiger partial charge in [0.2, 0.25) is 5.89 Å². The molecule has 2 aromatic heterocycles. The summed E-state index contributed by atoms with van der Waals surface area (Å²) in [6.07, 6.45) is 2.65. The highest BCUT2D eigenvalue weighted by atomic mass is 19.1. The van der Waals surface area contributed by atoms with Crippen molar-refractivity contribution in [2.24, 2.45) is 0 Å². The van der Waals surface area contributed by atoms with Crippen LogP contribution in [0.2, 0.25) is 0 Å². The van der Waals surface area contributed by atoms with E-state index in [0.717, 1.165) is 6.07 Å². The summed E-state index contributed by atoms with van der Waals surface area (Å²) in [7, 11) is 0. The van der Waals surface area contributed by atoms with E-state index in [9.17, 15) is 13.6 Å². The number of carboxylic acid groups (broad SMARTS) is 1. The third-order valence-corrected chi connectivity index (χ3v) is 6.74. The van der Waals surface area contributed by atoms with E-state index in [1.54, 1.807) is 13.8 Å². The second kappa shape index (κ2) is 9.45. The normalized spacial score (nSPS) is 14.9. The van der Waals surface area contributed by atoms with E-state index >= 15 is 4.39 Å². The van der Waals surface area contributed by atoms with Crippen molar-refractivity contribution in [2.45, 2.75) is 38.0 Å². The molecule has 0 bridgehead atoms. The molecule has 192 valence electrons. The van der Waals surface area contributed by atoms with Crippen molar-refractivity contribution in [2.75, 3.05) is 24.7 Å². The lowest BCUT2D eigenvalue weighted by atomic mass is 9.94. The third-order valence-electron chi connectivity index (χ3n) is 6.74. The molecule has 1 N–H and O–H groups in total. The lowest BCUT2D eigenvalue weighted by molar-refractivity contribution is 0.0692. The quantitative estimate of drug-likeness (QED) is 0.373. The summed E-state index contributed by atoms with van der Waals surface area (Å²) < 4.78 is 48.1. The van der Waals surface area contributed by atoms with Gasteiger partial charge in [-0.2, -0.15) is 4.98 Å². The van der Waals surface area contributed by atoms with Gasteiger partial charge in [-0.25, -0.2) is 27.9 Å². The molecule has 0 unspecified atom stereocenters. The van der Waals surface area contributed by atoms with Crippen LogP contribution in [-0.2, 0) is 5.41 Å². The second-order valence-corrected chi connectivity index (χ2v) is 9.75. The zero-order chi connectivity index (χ0) is 26.3. The molecule has 0 atom stereocenters. The number of fused-ring (bicyclic) bond motifs is 1. The number of nitrogens with zero attached hydrogens (tertiary/aromatic N) is 5. The Balaban J connectivity index is 1.43. The van der Waals surface area contributed by atoms with Crippen LogP contribution in [0.15, 0.2) is 41.2 Å². The summed E-state index contributed by atoms with van der Waals surface area (Å²) in [5.41, 5.74) is -0.167. The van der Waals surface area contributed by atoms with E-state index < -0.39 is 35.3 Å². The van der Waals surface area contributed by atoms with Crippen LogP contribution in [0, 0.1) is 11.6 Å². The van der Waals surface area contributed by atoms with Gasteiger partial charge in [0.25, 0.3) is 0 Å². The predicted molar refractivity (Wildman–Crippen MR) is 129 cm³/mol. The SMILES string of the molecule is CC(C)(CF)c1nc(C2CCN(c3ncnc4c(-c5ccc(C(=O)O)c(F)c5)ccc(F)c34)CC2)no1. The first kappa shape index (κ1) is 24.7. The first-order valence-electron chi connectivity index (χ1n) is 11.8. The Morgan fingerprint density at radius 2 is 1.89 bits per heavy atom. The Morgan fingerprint density at radius 3 is 2.57 bits per heavy atom. The highest BCUT2D eigenvalue weighted by Gasteiger charge is 2.31. The number of aromatic carboxylic acids is 1. The molecule has 37 heavy (non-hydrogen) atoms. The van der Waals surface area contributed by atoms with Crippen molar-refractivity contribution in [3.05, 3.63) is 65.6 Å². The van der Waals surface area contributed by atoms with Crippen molar-refractivity contribution < 1.29 is 27.6 Å². The number of hydrogen-bond acceptors (Lipinski definition) is 7. The molecule has 0 saturated carbocycles. The molecule has 3 heterocycles. The molecular formula is C26H24F3N5O3. The highest BCUT2D eigenvalue weighted by Crippen LogP contribution is 2.36. The average Bonchev–Trinajstić information content (AvgIpc) is 3.40. The van der Waals surface area contributed by atoms with E-state index in [1.165, 1.54) is 30.6 Å². The first-order chi connectivity index (χ1) is 17.7. The zero-order valence-corrected chi connectivity index (χ0v) is 20.2. The fourth-order valence-electron chi connectivity index (χ4n) is 4.53. The van der Waals surface area contributed by atoms with E-state index in [2.05, 4.69) is 20.1 Å². The molecular weight excluding hydrogens is 487 g/mol. The summed E-state index contributed by atoms with van der Waals surface area (Å²) in [5.74, 6) is -1.57. The Kier molecular flexibility index (Phi) is 6.30. The van der Waals surface area contributed by atoms with Gasteiger partial charge < -0.3 is 14.5 Å². The van der Waals surface area contributed by atoms with Gasteiger partial charge >= 0.3 is 5.97 Å². The van der Waals surface area contributed by atoms with Crippen LogP contribution in [0.1, 0.15) is 54.7 Å². The number of alkyl halides is 1. The Morgan fingerprint density at radius 1 is 1.14 bits per heavy atom. The first-order valence-corrected chi connectivity index (χ1v) is 11.8. The van der Waals surface area contributed by atoms with E-state index in [4.69, 9.17) is 9.63 Å². The summed E-state index contributed by atoms with van der Waals surface area (Å²) in [6.45, 7) is 3.87. The van der Waals surface area contributed by atoms with Gasteiger partial charge in [-0.3, -0.25) is 0 Å². The van der Waals surface area contributed by atoms with Gasteiger partial charge in [0.1, 0.15) is 30.5 Å². The van der Waals surface area contributed by atoms with Gasteiger partial charge in [-0.15, -0.1) is 0 Å². The molecule has 4 aromatic rings. The van der Waals surface area contributed by atoms with Crippen LogP contribution in [0.3, 0.4) is 0 Å². The Bertz CT molecular complexity index is 1480. The smallest absolute Gasteiger partial charge is 0.338 e. The van der Waals surface area contributed by atoms with Crippen molar-refractivity contribution in [3.63, 3.8) is 0 Å². The monoisotopic (exact) mass is 511 g/mol. The molecule has 1 saturated heterocycles. The minimum Gasteiger partial charge on any atom is -0.478 e. The third kappa shape index (κ3) is 4.49. The molecule has 0 spiro atoms. The molecule has 1 aliphatic heterocycles. The van der Waals surface area contributed by atoms with E-state index in [-0.39, 0.29) is 17.2 Å². The van der Waals surface area contributed by atoms with E-state index in [1.807, 2.05) is 4.90 Å². The number of hydrogen-bond donors (Lipinski definition) is 1. The van der Waals surface area contributed by atoms with Gasteiger partial charge in [-0.05, 0) is 56.5 Å². The number of rotatable bonds is 6. The summed E-state index contributed by atoms with van der Waals surface area (Å²) in [4.78, 5) is 26.2. The van der Waals surface area contributed by atoms with E-state index in [0.29, 0.717) is 54.2 Å². The Labute approximate surface area is 210 Å². The summed E-state index contributed by atoms with van der Waals surface area (Å²) in [6, 6.07) is 6.51. The van der Waals surface area contributed by atoms with Crippen LogP contribution in [0.5, 0.6) is 0 Å². The van der Waals surface area contributed by atoms with Crippen molar-refractivity contribution in [3.8, 4) is 11.1 Å². The predicted octanol–water partition coefficient (Wildman–Crippen LogP) is 5.29. The molecule has 11 heteroatoms. The van der Waals surface area contributed by atoms with Gasteiger partial charge in [-0.1, -0.05) is 11.2 Å². The molecule has 5 rings (SSSR count). The standard InChI is InChI=1S/C26H24F3N5O3/c1-26(2,12-27)25-32-22(33-37-25)14-7-9-34(10-8-14)23-20-18(28)6-5-16(21(20)30-13-31-23)15-3-4-17(24(35)36)19(29)11-15/h3-6,11,13-14H,7-10,12H2,1-2H3,(H,35,36). The maximum Gasteiger partial charge on any atom is 0.338 e. The fraction of sp³-hybridized carbons (Fsp3) is 0.346. The lowest BCUT2D eigenvalue weighted by Crippen LogP contribution is -2.34. The van der Waals surface area contributed by atoms with Gasteiger partial charge in [0.15, 0.2) is 5.82 Å². The number of halogens is 3. The topological polar surface area (TPSA) is 105 Å². The van der Waals surface area contributed by atoms with Crippen LogP contribution >= 0.6 is 0 Å². The minimum absolute atomic E-state index is 0.00777. The molecule has 0 radical (unpaired) electrons. The number of benzene rings is 2. The van der Waals surface area contributed by atoms with Gasteiger partial charge in [0.05, 0.1) is 21.9 Å². The number of aromatic nitrogens is 4. The fourth-order valence-corrected chi connectivity index (χ4v) is 4.53. The van der Waals surface area contributed by atoms with Crippen molar-refractivity contribution in [1.82, 2.24) is 20.1 Å². The van der Waals surface area contributed by atoms with Crippen molar-refractivity contribution in [1.29, 1.82) is 0 Å².